The zero-order valence-electron chi connectivity index (χ0n) is 11.0. The maximum atomic E-state index is 11.8. The SMILES string of the molecule is CO[C@H]1[C@@H](O)[C@H](c2snc3c(=O)[nH]c(N)nc23)O[C@@H]1CO. The Morgan fingerprint density at radius 2 is 2.29 bits per heavy atom. The molecule has 1 aliphatic heterocycles. The third kappa shape index (κ3) is 2.21. The second-order valence-corrected chi connectivity index (χ2v) is 5.47. The molecule has 0 aliphatic carbocycles. The summed E-state index contributed by atoms with van der Waals surface area (Å²) in [6, 6.07) is 0. The smallest absolute Gasteiger partial charge is 0.279 e. The van der Waals surface area contributed by atoms with Crippen LogP contribution in [0.1, 0.15) is 11.0 Å². The van der Waals surface area contributed by atoms with Crippen LogP contribution in [0.5, 0.6) is 0 Å². The van der Waals surface area contributed by atoms with Crippen molar-refractivity contribution in [2.45, 2.75) is 24.4 Å². The Kier molecular flexibility index (Phi) is 3.63. The molecular formula is C11H14N4O5S. The Morgan fingerprint density at radius 1 is 1.52 bits per heavy atom. The van der Waals surface area contributed by atoms with Gasteiger partial charge in [0.25, 0.3) is 5.56 Å². The molecule has 0 saturated carbocycles. The summed E-state index contributed by atoms with van der Waals surface area (Å²) in [5.41, 5.74) is 5.52. The van der Waals surface area contributed by atoms with Crippen molar-refractivity contribution >= 4 is 28.5 Å². The van der Waals surface area contributed by atoms with Gasteiger partial charge in [0.1, 0.15) is 29.9 Å². The molecule has 10 heteroatoms. The molecular weight excluding hydrogens is 300 g/mol. The number of anilines is 1. The van der Waals surface area contributed by atoms with Crippen molar-refractivity contribution in [2.24, 2.45) is 0 Å². The molecule has 2 aromatic heterocycles. The molecule has 0 spiro atoms. The van der Waals surface area contributed by atoms with Gasteiger partial charge in [-0.3, -0.25) is 9.78 Å². The van der Waals surface area contributed by atoms with E-state index in [2.05, 4.69) is 14.3 Å². The Bertz CT molecular complexity index is 716. The number of nitrogens with zero attached hydrogens (tertiary/aromatic N) is 2. The lowest BCUT2D eigenvalue weighted by atomic mass is 10.1. The van der Waals surface area contributed by atoms with Crippen LogP contribution in [0.25, 0.3) is 11.0 Å². The number of ether oxygens (including phenoxy) is 2. The summed E-state index contributed by atoms with van der Waals surface area (Å²) in [6.07, 6.45) is -3.11. The minimum absolute atomic E-state index is 0.0385. The molecule has 4 atom stereocenters. The fraction of sp³-hybridized carbons (Fsp3) is 0.545. The van der Waals surface area contributed by atoms with Crippen molar-refractivity contribution in [3.8, 4) is 0 Å². The zero-order valence-corrected chi connectivity index (χ0v) is 11.8. The number of nitrogens with one attached hydrogen (secondary N) is 1. The lowest BCUT2D eigenvalue weighted by molar-refractivity contribution is -0.0358. The average Bonchev–Trinajstić information content (AvgIpc) is 2.99. The summed E-state index contributed by atoms with van der Waals surface area (Å²) >= 11 is 1.00. The van der Waals surface area contributed by atoms with Gasteiger partial charge in [-0.25, -0.2) is 4.98 Å². The molecule has 0 amide bonds. The number of nitrogen functional groups attached to an aromatic ring is 1. The zero-order chi connectivity index (χ0) is 15.1. The lowest BCUT2D eigenvalue weighted by Gasteiger charge is -2.16. The minimum atomic E-state index is -1.00. The molecule has 3 heterocycles. The third-order valence-electron chi connectivity index (χ3n) is 3.43. The van der Waals surface area contributed by atoms with Crippen LogP contribution in [0, 0.1) is 0 Å². The highest BCUT2D eigenvalue weighted by Gasteiger charge is 2.46. The van der Waals surface area contributed by atoms with Crippen molar-refractivity contribution in [3.05, 3.63) is 15.2 Å². The molecule has 5 N–H and O–H groups in total. The topological polar surface area (TPSA) is 144 Å². The predicted octanol–water partition coefficient (Wildman–Crippen LogP) is -1.23. The van der Waals surface area contributed by atoms with E-state index in [0.717, 1.165) is 11.5 Å². The first-order valence-corrected chi connectivity index (χ1v) is 6.96. The molecule has 9 nitrogen and oxygen atoms in total. The van der Waals surface area contributed by atoms with Gasteiger partial charge in [-0.15, -0.1) is 0 Å². The van der Waals surface area contributed by atoms with Crippen LogP contribution in [0.4, 0.5) is 5.95 Å². The van der Waals surface area contributed by atoms with E-state index in [4.69, 9.17) is 15.2 Å². The number of H-pyrrole nitrogens is 1. The van der Waals surface area contributed by atoms with Crippen LogP contribution in [0.3, 0.4) is 0 Å². The number of aliphatic hydroxyl groups excluding tert-OH is 2. The molecule has 3 rings (SSSR count). The molecule has 1 fully saturated rings. The van der Waals surface area contributed by atoms with Crippen molar-refractivity contribution in [3.63, 3.8) is 0 Å². The quantitative estimate of drug-likeness (QED) is 0.551. The fourth-order valence-corrected chi connectivity index (χ4v) is 3.35. The number of fused-ring (bicyclic) bond motifs is 1. The normalized spacial score (nSPS) is 29.3. The fourth-order valence-electron chi connectivity index (χ4n) is 2.46. The van der Waals surface area contributed by atoms with Gasteiger partial charge in [-0.1, -0.05) is 0 Å². The number of hydrogen-bond acceptors (Lipinski definition) is 9. The average molecular weight is 314 g/mol. The predicted molar refractivity (Wildman–Crippen MR) is 74.0 cm³/mol. The van der Waals surface area contributed by atoms with E-state index in [1.807, 2.05) is 0 Å². The van der Waals surface area contributed by atoms with E-state index in [-0.39, 0.29) is 18.1 Å². The van der Waals surface area contributed by atoms with Crippen LogP contribution in [0.15, 0.2) is 4.79 Å². The molecule has 21 heavy (non-hydrogen) atoms. The van der Waals surface area contributed by atoms with Crippen LogP contribution < -0.4 is 11.3 Å². The van der Waals surface area contributed by atoms with E-state index in [1.165, 1.54) is 7.11 Å². The van der Waals surface area contributed by atoms with Crippen molar-refractivity contribution < 1.29 is 19.7 Å². The number of aliphatic hydroxyl groups is 2. The Hall–Kier alpha value is -1.59. The van der Waals surface area contributed by atoms with Crippen molar-refractivity contribution in [1.29, 1.82) is 0 Å². The van der Waals surface area contributed by atoms with Crippen molar-refractivity contribution in [2.75, 3.05) is 19.5 Å². The summed E-state index contributed by atoms with van der Waals surface area (Å²) in [4.78, 5) is 18.6. The molecule has 1 aliphatic rings. The number of nitrogens with two attached hydrogens (primary N) is 1. The van der Waals surface area contributed by atoms with E-state index in [0.29, 0.717) is 10.4 Å². The van der Waals surface area contributed by atoms with Gasteiger partial charge in [0, 0.05) is 7.11 Å². The lowest BCUT2D eigenvalue weighted by Crippen LogP contribution is -2.34. The molecule has 0 bridgehead atoms. The van der Waals surface area contributed by atoms with Gasteiger partial charge in [-0.05, 0) is 11.5 Å². The van der Waals surface area contributed by atoms with Gasteiger partial charge in [0.15, 0.2) is 5.52 Å². The van der Waals surface area contributed by atoms with E-state index < -0.39 is 30.0 Å². The number of hydrogen-bond donors (Lipinski definition) is 4. The van der Waals surface area contributed by atoms with Crippen LogP contribution >= 0.6 is 11.5 Å². The number of aromatic nitrogens is 3. The Morgan fingerprint density at radius 3 is 2.90 bits per heavy atom. The summed E-state index contributed by atoms with van der Waals surface area (Å²) in [7, 11) is 1.42. The van der Waals surface area contributed by atoms with Gasteiger partial charge in [0.05, 0.1) is 11.5 Å². The second-order valence-electron chi connectivity index (χ2n) is 4.66. The molecule has 114 valence electrons. The Labute approximate surface area is 122 Å². The monoisotopic (exact) mass is 314 g/mol. The maximum Gasteiger partial charge on any atom is 0.279 e. The second kappa shape index (κ2) is 5.31. The first-order valence-electron chi connectivity index (χ1n) is 6.19. The summed E-state index contributed by atoms with van der Waals surface area (Å²) in [5.74, 6) is -0.0385. The van der Waals surface area contributed by atoms with E-state index >= 15 is 0 Å². The summed E-state index contributed by atoms with van der Waals surface area (Å²) in [6.45, 7) is -0.293. The van der Waals surface area contributed by atoms with Crippen LogP contribution in [-0.2, 0) is 9.47 Å². The maximum absolute atomic E-state index is 11.8. The molecule has 1 saturated heterocycles. The van der Waals surface area contributed by atoms with Crippen LogP contribution in [0.2, 0.25) is 0 Å². The summed E-state index contributed by atoms with van der Waals surface area (Å²) in [5, 5.41) is 19.6. The number of methoxy groups -OCH3 is 1. The minimum Gasteiger partial charge on any atom is -0.394 e. The van der Waals surface area contributed by atoms with Gasteiger partial charge in [0.2, 0.25) is 5.95 Å². The molecule has 0 aromatic carbocycles. The highest BCUT2D eigenvalue weighted by Crippen LogP contribution is 2.39. The third-order valence-corrected chi connectivity index (χ3v) is 4.32. The van der Waals surface area contributed by atoms with Crippen LogP contribution in [-0.4, -0.2) is 56.6 Å². The molecule has 2 aromatic rings. The van der Waals surface area contributed by atoms with Gasteiger partial charge >= 0.3 is 0 Å². The van der Waals surface area contributed by atoms with Gasteiger partial charge < -0.3 is 25.4 Å². The number of rotatable bonds is 3. The van der Waals surface area contributed by atoms with Gasteiger partial charge in [-0.2, -0.15) is 4.37 Å². The number of aromatic amines is 1. The largest absolute Gasteiger partial charge is 0.394 e. The molecule has 0 unspecified atom stereocenters. The summed E-state index contributed by atoms with van der Waals surface area (Å²) < 4.78 is 14.8. The first-order chi connectivity index (χ1) is 10.1. The Balaban J connectivity index is 2.07. The highest BCUT2D eigenvalue weighted by atomic mass is 32.1. The highest BCUT2D eigenvalue weighted by molar-refractivity contribution is 7.07. The van der Waals surface area contributed by atoms with E-state index in [9.17, 15) is 15.0 Å². The van der Waals surface area contributed by atoms with E-state index in [1.54, 1.807) is 0 Å². The van der Waals surface area contributed by atoms with Crippen molar-refractivity contribution in [1.82, 2.24) is 14.3 Å². The standard InChI is InChI=1S/C11H14N4O5S/c1-19-7-3(2-16)20-8(6(7)17)9-4-5(15-21-9)10(18)14-11(12)13-4/h3,6-8,16-17H,2H2,1H3,(H3,12,13,14,18)/t3-,6-,7-,8-/m1/s1. The first kappa shape index (κ1) is 14.4. The molecule has 0 radical (unpaired) electrons.